The highest BCUT2D eigenvalue weighted by Crippen LogP contribution is 2.37. The first-order valence-electron chi connectivity index (χ1n) is 16.1. The predicted octanol–water partition coefficient (Wildman–Crippen LogP) is 8.55. The Morgan fingerprint density at radius 2 is 1.42 bits per heavy atom. The Bertz CT molecular complexity index is 1840. The lowest BCUT2D eigenvalue weighted by Gasteiger charge is -2.40. The zero-order valence-electron chi connectivity index (χ0n) is 27.5. The monoisotopic (exact) mass is 757 g/mol. The molecule has 2 heterocycles. The van der Waals surface area contributed by atoms with E-state index in [0.29, 0.717) is 48.1 Å². The summed E-state index contributed by atoms with van der Waals surface area (Å²) in [4.78, 5) is 28.8. The molecule has 0 aliphatic carbocycles. The molecule has 1 aromatic heterocycles. The SMILES string of the molecule is CC1CN(C(=O)CCCCSc2nnc(Cc3ccccc3)n2-c2cccc(C(F)(F)F)c2)CCN1C(=O)c1cc(C(F)(F)F)cc(C(F)(F)F)c1. The molecule has 278 valence electrons. The molecule has 2 amide bonds. The number of nitrogens with zero attached hydrogens (tertiary/aromatic N) is 5. The molecule has 17 heteroatoms. The predicted molar refractivity (Wildman–Crippen MR) is 174 cm³/mol. The second-order valence-electron chi connectivity index (χ2n) is 12.2. The molecular weight excluding hydrogens is 725 g/mol. The van der Waals surface area contributed by atoms with E-state index in [9.17, 15) is 49.1 Å². The molecule has 0 bridgehead atoms. The van der Waals surface area contributed by atoms with Crippen LogP contribution in [0.3, 0.4) is 0 Å². The second-order valence-corrected chi connectivity index (χ2v) is 13.3. The van der Waals surface area contributed by atoms with Gasteiger partial charge in [0.15, 0.2) is 5.16 Å². The first-order valence-corrected chi connectivity index (χ1v) is 17.1. The van der Waals surface area contributed by atoms with Crippen molar-refractivity contribution in [1.29, 1.82) is 0 Å². The standard InChI is InChI=1S/C35H32F9N5O2S/c1-22-21-47(13-14-48(22)31(51)24-17-26(34(39,40)41)19-27(18-24)35(42,43)44)30(50)12-5-6-15-52-32-46-45-29(16-23-8-3-2-4-9-23)49(32)28-11-7-10-25(20-28)33(36,37)38/h2-4,7-11,17-20,22H,5-6,12-16,21H2,1H3. The van der Waals surface area contributed by atoms with Crippen molar-refractivity contribution in [3.05, 3.63) is 106 Å². The van der Waals surface area contributed by atoms with E-state index in [1.54, 1.807) is 17.6 Å². The van der Waals surface area contributed by atoms with Gasteiger partial charge >= 0.3 is 18.5 Å². The highest BCUT2D eigenvalue weighted by Gasteiger charge is 2.39. The molecule has 1 aliphatic heterocycles. The molecule has 1 saturated heterocycles. The number of thioether (sulfide) groups is 1. The number of amides is 2. The number of rotatable bonds is 10. The van der Waals surface area contributed by atoms with Crippen molar-refractivity contribution < 1.29 is 49.1 Å². The number of piperazine rings is 1. The van der Waals surface area contributed by atoms with E-state index >= 15 is 0 Å². The van der Waals surface area contributed by atoms with Crippen LogP contribution in [0.2, 0.25) is 0 Å². The van der Waals surface area contributed by atoms with Crippen molar-refractivity contribution in [2.24, 2.45) is 0 Å². The molecule has 0 saturated carbocycles. The fourth-order valence-electron chi connectivity index (χ4n) is 5.80. The molecule has 7 nitrogen and oxygen atoms in total. The lowest BCUT2D eigenvalue weighted by Crippen LogP contribution is -2.55. The van der Waals surface area contributed by atoms with Gasteiger partial charge in [-0.15, -0.1) is 10.2 Å². The van der Waals surface area contributed by atoms with Crippen LogP contribution in [0.5, 0.6) is 0 Å². The van der Waals surface area contributed by atoms with E-state index in [-0.39, 0.29) is 43.7 Å². The fourth-order valence-corrected chi connectivity index (χ4v) is 6.77. The van der Waals surface area contributed by atoms with Crippen molar-refractivity contribution in [3.8, 4) is 5.69 Å². The third-order valence-corrected chi connectivity index (χ3v) is 9.44. The van der Waals surface area contributed by atoms with E-state index in [1.165, 1.54) is 22.7 Å². The van der Waals surface area contributed by atoms with Crippen LogP contribution in [0.25, 0.3) is 5.69 Å². The van der Waals surface area contributed by atoms with Gasteiger partial charge in [-0.05, 0) is 61.7 Å². The van der Waals surface area contributed by atoms with Gasteiger partial charge in [0.25, 0.3) is 5.91 Å². The van der Waals surface area contributed by atoms with Crippen LogP contribution >= 0.6 is 11.8 Å². The lowest BCUT2D eigenvalue weighted by atomic mass is 10.0. The molecule has 1 atom stereocenters. The maximum atomic E-state index is 13.5. The number of hydrogen-bond donors (Lipinski definition) is 0. The van der Waals surface area contributed by atoms with Crippen molar-refractivity contribution in [2.75, 3.05) is 25.4 Å². The highest BCUT2D eigenvalue weighted by molar-refractivity contribution is 7.99. The Morgan fingerprint density at radius 1 is 0.769 bits per heavy atom. The van der Waals surface area contributed by atoms with E-state index in [4.69, 9.17) is 0 Å². The molecule has 3 aromatic carbocycles. The zero-order chi connectivity index (χ0) is 37.8. The quantitative estimate of drug-likeness (QED) is 0.0922. The number of carbonyl (C=O) groups excluding carboxylic acids is 2. The first-order chi connectivity index (χ1) is 24.4. The van der Waals surface area contributed by atoms with Gasteiger partial charge < -0.3 is 9.80 Å². The van der Waals surface area contributed by atoms with E-state index in [0.717, 1.165) is 22.6 Å². The van der Waals surface area contributed by atoms with Crippen molar-refractivity contribution in [1.82, 2.24) is 24.6 Å². The van der Waals surface area contributed by atoms with Gasteiger partial charge in [-0.3, -0.25) is 14.2 Å². The van der Waals surface area contributed by atoms with Crippen LogP contribution in [0, 0.1) is 0 Å². The molecule has 1 aliphatic rings. The van der Waals surface area contributed by atoms with Crippen molar-refractivity contribution in [2.45, 2.75) is 62.3 Å². The number of halogens is 9. The minimum Gasteiger partial charge on any atom is -0.339 e. The van der Waals surface area contributed by atoms with Crippen LogP contribution in [-0.4, -0.2) is 67.8 Å². The molecule has 52 heavy (non-hydrogen) atoms. The number of benzene rings is 3. The van der Waals surface area contributed by atoms with Gasteiger partial charge in [-0.2, -0.15) is 39.5 Å². The Kier molecular flexibility index (Phi) is 11.6. The molecule has 5 rings (SSSR count). The minimum atomic E-state index is -5.10. The Morgan fingerprint density at radius 3 is 2.04 bits per heavy atom. The molecular formula is C35H32F9N5O2S. The normalized spacial score (nSPS) is 15.6. The van der Waals surface area contributed by atoms with Gasteiger partial charge in [0.1, 0.15) is 5.82 Å². The van der Waals surface area contributed by atoms with E-state index in [1.807, 2.05) is 30.3 Å². The topological polar surface area (TPSA) is 71.3 Å². The Labute approximate surface area is 296 Å². The summed E-state index contributed by atoms with van der Waals surface area (Å²) in [5.74, 6) is -0.327. The number of hydrogen-bond acceptors (Lipinski definition) is 5. The number of alkyl halides is 9. The third kappa shape index (κ3) is 9.46. The van der Waals surface area contributed by atoms with Gasteiger partial charge in [0.05, 0.1) is 22.4 Å². The van der Waals surface area contributed by atoms with Crippen LogP contribution in [0.15, 0.2) is 78.0 Å². The zero-order valence-corrected chi connectivity index (χ0v) is 28.3. The third-order valence-electron chi connectivity index (χ3n) is 8.43. The maximum absolute atomic E-state index is 13.5. The average molecular weight is 758 g/mol. The highest BCUT2D eigenvalue weighted by atomic mass is 32.2. The lowest BCUT2D eigenvalue weighted by molar-refractivity contribution is -0.143. The Hall–Kier alpha value is -4.54. The summed E-state index contributed by atoms with van der Waals surface area (Å²) in [6.07, 6.45) is -13.3. The molecule has 0 spiro atoms. The summed E-state index contributed by atoms with van der Waals surface area (Å²) in [6, 6.07) is 14.2. The van der Waals surface area contributed by atoms with Crippen LogP contribution in [0.1, 0.15) is 64.6 Å². The fraction of sp³-hybridized carbons (Fsp3) is 0.371. The summed E-state index contributed by atoms with van der Waals surface area (Å²) in [5.41, 5.74) is -3.59. The van der Waals surface area contributed by atoms with Crippen molar-refractivity contribution >= 4 is 23.6 Å². The van der Waals surface area contributed by atoms with Gasteiger partial charge in [-0.25, -0.2) is 0 Å². The maximum Gasteiger partial charge on any atom is 0.416 e. The second kappa shape index (κ2) is 15.6. The first kappa shape index (κ1) is 38.7. The molecule has 0 N–H and O–H groups in total. The summed E-state index contributed by atoms with van der Waals surface area (Å²) < 4.78 is 122. The van der Waals surface area contributed by atoms with Gasteiger partial charge in [-0.1, -0.05) is 48.2 Å². The smallest absolute Gasteiger partial charge is 0.339 e. The van der Waals surface area contributed by atoms with Gasteiger partial charge in [0.2, 0.25) is 5.91 Å². The summed E-state index contributed by atoms with van der Waals surface area (Å²) in [6.45, 7) is 1.54. The van der Waals surface area contributed by atoms with Gasteiger partial charge in [0, 0.05) is 49.8 Å². The molecule has 1 fully saturated rings. The number of aromatic nitrogens is 3. The van der Waals surface area contributed by atoms with E-state index < -0.39 is 52.7 Å². The molecule has 0 radical (unpaired) electrons. The number of carbonyl (C=O) groups is 2. The van der Waals surface area contributed by atoms with Crippen LogP contribution in [0.4, 0.5) is 39.5 Å². The summed E-state index contributed by atoms with van der Waals surface area (Å²) >= 11 is 1.28. The minimum absolute atomic E-state index is 0.0364. The summed E-state index contributed by atoms with van der Waals surface area (Å²) in [5, 5.41) is 8.90. The molecule has 1 unspecified atom stereocenters. The van der Waals surface area contributed by atoms with Crippen LogP contribution in [-0.2, 0) is 29.7 Å². The van der Waals surface area contributed by atoms with Crippen molar-refractivity contribution in [3.63, 3.8) is 0 Å². The van der Waals surface area contributed by atoms with E-state index in [2.05, 4.69) is 10.2 Å². The number of unbranched alkanes of at least 4 members (excludes halogenated alkanes) is 1. The largest absolute Gasteiger partial charge is 0.416 e. The molecule has 4 aromatic rings. The Balaban J connectivity index is 1.17. The van der Waals surface area contributed by atoms with Crippen LogP contribution < -0.4 is 0 Å². The average Bonchev–Trinajstić information content (AvgIpc) is 3.48. The summed E-state index contributed by atoms with van der Waals surface area (Å²) in [7, 11) is 0.